The van der Waals surface area contributed by atoms with Crippen molar-refractivity contribution in [2.75, 3.05) is 0 Å². The molecule has 14 heavy (non-hydrogen) atoms. The van der Waals surface area contributed by atoms with E-state index in [1.54, 1.807) is 3.97 Å². The van der Waals surface area contributed by atoms with E-state index >= 15 is 0 Å². The second-order valence-corrected chi connectivity index (χ2v) is 3.79. The molecule has 0 aliphatic carbocycles. The molecule has 1 heterocycles. The van der Waals surface area contributed by atoms with Crippen LogP contribution in [0.15, 0.2) is 42.7 Å². The quantitative estimate of drug-likeness (QED) is 0.714. The van der Waals surface area contributed by atoms with Gasteiger partial charge in [-0.15, -0.1) is 0 Å². The lowest BCUT2D eigenvalue weighted by atomic mass is 10.1. The van der Waals surface area contributed by atoms with Gasteiger partial charge in [-0.1, -0.05) is 44.0 Å². The standard InChI is InChI=1S/C12H13NS/c1-2-10-3-5-11(6-4-10)12-7-8-13(14)9-12/h3-9,14H,2H2,1H3. The number of aromatic nitrogens is 1. The van der Waals surface area contributed by atoms with Gasteiger partial charge in [0.15, 0.2) is 0 Å². The highest BCUT2D eigenvalue weighted by molar-refractivity contribution is 7.78. The smallest absolute Gasteiger partial charge is 0.0233 e. The Balaban J connectivity index is 2.33. The molecule has 2 rings (SSSR count). The Hall–Kier alpha value is -1.15. The van der Waals surface area contributed by atoms with Gasteiger partial charge in [0.05, 0.1) is 0 Å². The minimum absolute atomic E-state index is 1.09. The van der Waals surface area contributed by atoms with E-state index in [9.17, 15) is 0 Å². The molecular formula is C12H13NS. The summed E-state index contributed by atoms with van der Waals surface area (Å²) in [5.74, 6) is 0. The fraction of sp³-hybridized carbons (Fsp3) is 0.167. The van der Waals surface area contributed by atoms with Crippen LogP contribution in [0.4, 0.5) is 0 Å². The van der Waals surface area contributed by atoms with E-state index in [-0.39, 0.29) is 0 Å². The maximum atomic E-state index is 4.21. The average molecular weight is 203 g/mol. The summed E-state index contributed by atoms with van der Waals surface area (Å²) >= 11 is 4.21. The van der Waals surface area contributed by atoms with Crippen LogP contribution >= 0.6 is 12.8 Å². The fourth-order valence-electron chi connectivity index (χ4n) is 1.49. The number of benzene rings is 1. The highest BCUT2D eigenvalue weighted by Gasteiger charge is 1.98. The van der Waals surface area contributed by atoms with Gasteiger partial charge in [0.1, 0.15) is 0 Å². The van der Waals surface area contributed by atoms with Crippen LogP contribution in [0, 0.1) is 0 Å². The molecule has 0 fully saturated rings. The Labute approximate surface area is 89.9 Å². The highest BCUT2D eigenvalue weighted by atomic mass is 32.1. The fourth-order valence-corrected chi connectivity index (χ4v) is 1.68. The molecule has 0 N–H and O–H groups in total. The van der Waals surface area contributed by atoms with Crippen LogP contribution in [0.3, 0.4) is 0 Å². The molecule has 0 amide bonds. The third kappa shape index (κ3) is 1.85. The van der Waals surface area contributed by atoms with Gasteiger partial charge in [0.25, 0.3) is 0 Å². The van der Waals surface area contributed by atoms with Gasteiger partial charge in [0, 0.05) is 18.0 Å². The molecule has 0 saturated heterocycles. The average Bonchev–Trinajstić information content (AvgIpc) is 2.65. The molecule has 0 aliphatic heterocycles. The van der Waals surface area contributed by atoms with Crippen LogP contribution < -0.4 is 0 Å². The van der Waals surface area contributed by atoms with Crippen LogP contribution in [0.25, 0.3) is 11.1 Å². The molecule has 0 unspecified atom stereocenters. The molecule has 2 heteroatoms. The molecule has 1 nitrogen and oxygen atoms in total. The first-order chi connectivity index (χ1) is 6.79. The minimum atomic E-state index is 1.09. The SMILES string of the molecule is CCc1ccc(-c2ccn(S)c2)cc1. The van der Waals surface area contributed by atoms with E-state index in [0.717, 1.165) is 6.42 Å². The molecule has 72 valence electrons. The number of hydrogen-bond donors (Lipinski definition) is 1. The Morgan fingerprint density at radius 1 is 1.07 bits per heavy atom. The van der Waals surface area contributed by atoms with Crippen molar-refractivity contribution in [3.8, 4) is 11.1 Å². The van der Waals surface area contributed by atoms with Crippen LogP contribution in [0.1, 0.15) is 12.5 Å². The van der Waals surface area contributed by atoms with E-state index in [1.807, 2.05) is 12.4 Å². The maximum Gasteiger partial charge on any atom is 0.0233 e. The second-order valence-electron chi connectivity index (χ2n) is 3.33. The van der Waals surface area contributed by atoms with Crippen LogP contribution in [0.5, 0.6) is 0 Å². The zero-order valence-electron chi connectivity index (χ0n) is 8.14. The first kappa shape index (κ1) is 9.41. The van der Waals surface area contributed by atoms with Crippen molar-refractivity contribution >= 4 is 12.8 Å². The van der Waals surface area contributed by atoms with Gasteiger partial charge in [-0.3, -0.25) is 0 Å². The van der Waals surface area contributed by atoms with Crippen molar-refractivity contribution in [1.82, 2.24) is 3.97 Å². The first-order valence-electron chi connectivity index (χ1n) is 4.76. The van der Waals surface area contributed by atoms with Gasteiger partial charge in [-0.05, 0) is 23.6 Å². The van der Waals surface area contributed by atoms with Crippen LogP contribution in [-0.4, -0.2) is 3.97 Å². The molecule has 0 radical (unpaired) electrons. The lowest BCUT2D eigenvalue weighted by Gasteiger charge is -1.99. The topological polar surface area (TPSA) is 4.93 Å². The van der Waals surface area contributed by atoms with E-state index in [0.29, 0.717) is 0 Å². The minimum Gasteiger partial charge on any atom is -0.301 e. The van der Waals surface area contributed by atoms with Crippen molar-refractivity contribution < 1.29 is 0 Å². The van der Waals surface area contributed by atoms with Gasteiger partial charge >= 0.3 is 0 Å². The lowest BCUT2D eigenvalue weighted by molar-refractivity contribution is 1.14. The predicted octanol–water partition coefficient (Wildman–Crippen LogP) is 3.41. The van der Waals surface area contributed by atoms with E-state index in [1.165, 1.54) is 16.7 Å². The van der Waals surface area contributed by atoms with E-state index in [2.05, 4.69) is 50.1 Å². The molecule has 1 aromatic carbocycles. The van der Waals surface area contributed by atoms with Crippen molar-refractivity contribution in [2.45, 2.75) is 13.3 Å². The van der Waals surface area contributed by atoms with E-state index in [4.69, 9.17) is 0 Å². The summed E-state index contributed by atoms with van der Waals surface area (Å²) in [4.78, 5) is 0. The molecule has 0 saturated carbocycles. The molecule has 0 atom stereocenters. The number of thiol groups is 1. The van der Waals surface area contributed by atoms with Crippen LogP contribution in [0.2, 0.25) is 0 Å². The van der Waals surface area contributed by atoms with Gasteiger partial charge < -0.3 is 3.97 Å². The summed E-state index contributed by atoms with van der Waals surface area (Å²) in [5, 5.41) is 0. The number of nitrogens with zero attached hydrogens (tertiary/aromatic N) is 1. The summed E-state index contributed by atoms with van der Waals surface area (Å²) in [7, 11) is 0. The Bertz CT molecular complexity index is 414. The summed E-state index contributed by atoms with van der Waals surface area (Å²) in [6, 6.07) is 10.7. The predicted molar refractivity (Wildman–Crippen MR) is 63.6 cm³/mol. The molecular weight excluding hydrogens is 190 g/mol. The molecule has 0 bridgehead atoms. The zero-order valence-corrected chi connectivity index (χ0v) is 9.04. The second kappa shape index (κ2) is 3.93. The number of hydrogen-bond acceptors (Lipinski definition) is 1. The Morgan fingerprint density at radius 3 is 2.29 bits per heavy atom. The summed E-state index contributed by atoms with van der Waals surface area (Å²) in [5.41, 5.74) is 3.83. The van der Waals surface area contributed by atoms with Crippen molar-refractivity contribution in [3.05, 3.63) is 48.3 Å². The van der Waals surface area contributed by atoms with Crippen molar-refractivity contribution in [3.63, 3.8) is 0 Å². The molecule has 0 spiro atoms. The molecule has 2 aromatic rings. The zero-order chi connectivity index (χ0) is 9.97. The highest BCUT2D eigenvalue weighted by Crippen LogP contribution is 2.20. The Kier molecular flexibility index (Phi) is 2.64. The molecule has 1 aromatic heterocycles. The summed E-state index contributed by atoms with van der Waals surface area (Å²) in [6.45, 7) is 2.17. The lowest BCUT2D eigenvalue weighted by Crippen LogP contribution is -1.79. The van der Waals surface area contributed by atoms with Gasteiger partial charge in [0.2, 0.25) is 0 Å². The third-order valence-corrected chi connectivity index (χ3v) is 2.62. The molecule has 0 aliphatic rings. The number of rotatable bonds is 2. The normalized spacial score (nSPS) is 10.4. The van der Waals surface area contributed by atoms with Crippen molar-refractivity contribution in [2.24, 2.45) is 0 Å². The largest absolute Gasteiger partial charge is 0.301 e. The number of aryl methyl sites for hydroxylation is 1. The summed E-state index contributed by atoms with van der Waals surface area (Å²) < 4.78 is 1.77. The van der Waals surface area contributed by atoms with Gasteiger partial charge in [-0.2, -0.15) is 0 Å². The van der Waals surface area contributed by atoms with Crippen LogP contribution in [-0.2, 0) is 6.42 Å². The summed E-state index contributed by atoms with van der Waals surface area (Å²) in [6.07, 6.45) is 5.03. The first-order valence-corrected chi connectivity index (χ1v) is 5.16. The van der Waals surface area contributed by atoms with E-state index < -0.39 is 0 Å². The van der Waals surface area contributed by atoms with Gasteiger partial charge in [-0.25, -0.2) is 0 Å². The van der Waals surface area contributed by atoms with Crippen molar-refractivity contribution in [1.29, 1.82) is 0 Å². The third-order valence-electron chi connectivity index (χ3n) is 2.37. The maximum absolute atomic E-state index is 4.21. The Morgan fingerprint density at radius 2 is 1.79 bits per heavy atom. The monoisotopic (exact) mass is 203 g/mol.